The van der Waals surface area contributed by atoms with Crippen molar-refractivity contribution in [2.24, 2.45) is 0 Å². The van der Waals surface area contributed by atoms with E-state index in [0.29, 0.717) is 5.02 Å². The topological polar surface area (TPSA) is 42.4 Å². The van der Waals surface area contributed by atoms with Crippen molar-refractivity contribution in [3.8, 4) is 0 Å². The van der Waals surface area contributed by atoms with Crippen molar-refractivity contribution < 1.29 is 4.42 Å². The number of anilines is 1. The van der Waals surface area contributed by atoms with Gasteiger partial charge in [-0.05, 0) is 43.8 Å². The van der Waals surface area contributed by atoms with E-state index in [1.165, 1.54) is 0 Å². The van der Waals surface area contributed by atoms with Gasteiger partial charge in [0.05, 0.1) is 6.54 Å². The van der Waals surface area contributed by atoms with Crippen molar-refractivity contribution in [1.29, 1.82) is 0 Å². The minimum atomic E-state index is 0.667. The summed E-state index contributed by atoms with van der Waals surface area (Å²) >= 11 is 5.88. The zero-order valence-corrected chi connectivity index (χ0v) is 11.4. The van der Waals surface area contributed by atoms with Crippen LogP contribution in [0.25, 0.3) is 0 Å². The van der Waals surface area contributed by atoms with Crippen LogP contribution in [0, 0.1) is 6.92 Å². The fourth-order valence-corrected chi connectivity index (χ4v) is 2.07. The first-order valence-corrected chi connectivity index (χ1v) is 6.20. The predicted molar refractivity (Wildman–Crippen MR) is 74.5 cm³/mol. The van der Waals surface area contributed by atoms with Gasteiger partial charge in [0.2, 0.25) is 0 Å². The molecular formula is C14H17ClN2O. The highest BCUT2D eigenvalue weighted by Gasteiger charge is 2.07. The van der Waals surface area contributed by atoms with E-state index in [0.717, 1.165) is 35.9 Å². The summed E-state index contributed by atoms with van der Waals surface area (Å²) in [6, 6.07) is 9.57. The van der Waals surface area contributed by atoms with E-state index in [-0.39, 0.29) is 0 Å². The van der Waals surface area contributed by atoms with E-state index >= 15 is 0 Å². The van der Waals surface area contributed by atoms with Crippen molar-refractivity contribution in [2.45, 2.75) is 20.0 Å². The molecule has 0 aliphatic rings. The van der Waals surface area contributed by atoms with Gasteiger partial charge in [-0.25, -0.2) is 0 Å². The zero-order chi connectivity index (χ0) is 13.1. The van der Waals surface area contributed by atoms with Gasteiger partial charge in [0.25, 0.3) is 0 Å². The summed E-state index contributed by atoms with van der Waals surface area (Å²) in [5, 5.41) is 0.667. The average Bonchev–Trinajstić information content (AvgIpc) is 2.68. The van der Waals surface area contributed by atoms with Crippen molar-refractivity contribution in [3.63, 3.8) is 0 Å². The van der Waals surface area contributed by atoms with E-state index in [2.05, 4.69) is 4.90 Å². The zero-order valence-electron chi connectivity index (χ0n) is 10.6. The number of nitrogens with two attached hydrogens (primary N) is 1. The molecular weight excluding hydrogens is 248 g/mol. The number of halogens is 1. The normalized spacial score (nSPS) is 11.1. The molecule has 18 heavy (non-hydrogen) atoms. The van der Waals surface area contributed by atoms with Crippen LogP contribution in [0.15, 0.2) is 34.7 Å². The summed E-state index contributed by atoms with van der Waals surface area (Å²) < 4.78 is 5.55. The van der Waals surface area contributed by atoms with E-state index in [9.17, 15) is 0 Å². The van der Waals surface area contributed by atoms with Crippen LogP contribution in [-0.4, -0.2) is 11.9 Å². The van der Waals surface area contributed by atoms with E-state index in [1.807, 2.05) is 38.2 Å². The Labute approximate surface area is 112 Å². The number of hydrogen-bond acceptors (Lipinski definition) is 3. The quantitative estimate of drug-likeness (QED) is 0.860. The van der Waals surface area contributed by atoms with Crippen molar-refractivity contribution in [2.75, 3.05) is 12.8 Å². The highest BCUT2D eigenvalue weighted by Crippen LogP contribution is 2.20. The molecule has 1 aromatic heterocycles. The van der Waals surface area contributed by atoms with Gasteiger partial charge in [-0.2, -0.15) is 0 Å². The standard InChI is InChI=1S/C14H17ClN2O/c1-10-3-6-13(18-10)9-17(2)8-11-4-5-12(15)7-14(11)16/h3-7H,8-9,16H2,1-2H3. The van der Waals surface area contributed by atoms with Gasteiger partial charge in [-0.15, -0.1) is 0 Å². The molecule has 4 heteroatoms. The molecule has 3 nitrogen and oxygen atoms in total. The van der Waals surface area contributed by atoms with Crippen LogP contribution in [0.1, 0.15) is 17.1 Å². The summed E-state index contributed by atoms with van der Waals surface area (Å²) in [6.07, 6.45) is 0. The first-order chi connectivity index (χ1) is 8.54. The fourth-order valence-electron chi connectivity index (χ4n) is 1.89. The van der Waals surface area contributed by atoms with Gasteiger partial charge in [-0.3, -0.25) is 4.90 Å². The molecule has 96 valence electrons. The van der Waals surface area contributed by atoms with Gasteiger partial charge in [0.1, 0.15) is 11.5 Å². The molecule has 0 amide bonds. The maximum atomic E-state index is 5.93. The van der Waals surface area contributed by atoms with Gasteiger partial charge in [-0.1, -0.05) is 17.7 Å². The molecule has 0 bridgehead atoms. The number of benzene rings is 1. The lowest BCUT2D eigenvalue weighted by atomic mass is 10.1. The molecule has 0 unspecified atom stereocenters. The molecule has 0 aliphatic carbocycles. The number of nitrogens with zero attached hydrogens (tertiary/aromatic N) is 1. The number of rotatable bonds is 4. The Morgan fingerprint density at radius 3 is 2.61 bits per heavy atom. The second-order valence-corrected chi connectivity index (χ2v) is 4.96. The number of hydrogen-bond donors (Lipinski definition) is 1. The average molecular weight is 265 g/mol. The minimum absolute atomic E-state index is 0.667. The molecule has 0 saturated carbocycles. The Morgan fingerprint density at radius 1 is 1.22 bits per heavy atom. The highest BCUT2D eigenvalue weighted by atomic mass is 35.5. The van der Waals surface area contributed by atoms with Crippen molar-refractivity contribution in [1.82, 2.24) is 4.90 Å². The van der Waals surface area contributed by atoms with E-state index < -0.39 is 0 Å². The summed E-state index contributed by atoms with van der Waals surface area (Å²) in [7, 11) is 2.03. The third-order valence-corrected chi connectivity index (χ3v) is 3.01. The van der Waals surface area contributed by atoms with Crippen LogP contribution in [0.4, 0.5) is 5.69 Å². The lowest BCUT2D eigenvalue weighted by Gasteiger charge is -2.16. The van der Waals surface area contributed by atoms with Gasteiger partial charge < -0.3 is 10.2 Å². The monoisotopic (exact) mass is 264 g/mol. The molecule has 2 aromatic rings. The summed E-state index contributed by atoms with van der Waals surface area (Å²) in [5.74, 6) is 1.90. The van der Waals surface area contributed by atoms with Crippen LogP contribution in [-0.2, 0) is 13.1 Å². The fraction of sp³-hybridized carbons (Fsp3) is 0.286. The Bertz CT molecular complexity index is 536. The maximum Gasteiger partial charge on any atom is 0.118 e. The molecule has 0 spiro atoms. The van der Waals surface area contributed by atoms with Gasteiger partial charge in [0, 0.05) is 17.3 Å². The first-order valence-electron chi connectivity index (χ1n) is 5.82. The van der Waals surface area contributed by atoms with Crippen LogP contribution < -0.4 is 5.73 Å². The largest absolute Gasteiger partial charge is 0.465 e. The maximum absolute atomic E-state index is 5.93. The van der Waals surface area contributed by atoms with Crippen molar-refractivity contribution >= 4 is 17.3 Å². The Balaban J connectivity index is 2.00. The minimum Gasteiger partial charge on any atom is -0.465 e. The molecule has 2 rings (SSSR count). The lowest BCUT2D eigenvalue weighted by Crippen LogP contribution is -2.17. The van der Waals surface area contributed by atoms with E-state index in [1.54, 1.807) is 6.07 Å². The number of furan rings is 1. The number of aryl methyl sites for hydroxylation is 1. The molecule has 0 atom stereocenters. The molecule has 2 N–H and O–H groups in total. The molecule has 1 aromatic carbocycles. The van der Waals surface area contributed by atoms with Crippen LogP contribution in [0.2, 0.25) is 5.02 Å². The second kappa shape index (κ2) is 5.46. The summed E-state index contributed by atoms with van der Waals surface area (Å²) in [5.41, 5.74) is 7.73. The predicted octanol–water partition coefficient (Wildman–Crippen LogP) is 3.46. The molecule has 0 saturated heterocycles. The smallest absolute Gasteiger partial charge is 0.118 e. The summed E-state index contributed by atoms with van der Waals surface area (Å²) in [4.78, 5) is 2.15. The van der Waals surface area contributed by atoms with Gasteiger partial charge in [0.15, 0.2) is 0 Å². The Hall–Kier alpha value is -1.45. The van der Waals surface area contributed by atoms with Crippen LogP contribution in [0.3, 0.4) is 0 Å². The van der Waals surface area contributed by atoms with Gasteiger partial charge >= 0.3 is 0 Å². The molecule has 0 fully saturated rings. The van der Waals surface area contributed by atoms with Crippen molar-refractivity contribution in [3.05, 3.63) is 52.4 Å². The third-order valence-electron chi connectivity index (χ3n) is 2.77. The highest BCUT2D eigenvalue weighted by molar-refractivity contribution is 6.30. The van der Waals surface area contributed by atoms with Crippen LogP contribution in [0.5, 0.6) is 0 Å². The second-order valence-electron chi connectivity index (χ2n) is 4.53. The molecule has 1 heterocycles. The third kappa shape index (κ3) is 3.28. The Morgan fingerprint density at radius 2 is 2.00 bits per heavy atom. The van der Waals surface area contributed by atoms with Crippen LogP contribution >= 0.6 is 11.6 Å². The molecule has 0 radical (unpaired) electrons. The SMILES string of the molecule is Cc1ccc(CN(C)Cc2ccc(Cl)cc2N)o1. The summed E-state index contributed by atoms with van der Waals surface area (Å²) in [6.45, 7) is 3.47. The first kappa shape index (κ1) is 13.0. The number of nitrogen functional groups attached to an aromatic ring is 1. The lowest BCUT2D eigenvalue weighted by molar-refractivity contribution is 0.285. The Kier molecular flexibility index (Phi) is 3.94. The molecule has 0 aliphatic heterocycles. The van der Waals surface area contributed by atoms with E-state index in [4.69, 9.17) is 21.8 Å².